The third-order valence-corrected chi connectivity index (χ3v) is 8.63. The topological polar surface area (TPSA) is 86.8 Å². The monoisotopic (exact) mass is 569 g/mol. The Bertz CT molecular complexity index is 1380. The molecule has 1 N–H and O–H groups in total. The number of halogens is 1. The van der Waals surface area contributed by atoms with E-state index in [1.807, 2.05) is 33.8 Å². The van der Waals surface area contributed by atoms with Crippen LogP contribution in [0, 0.1) is 13.8 Å². The molecule has 0 heterocycles. The van der Waals surface area contributed by atoms with E-state index in [1.165, 1.54) is 17.0 Å². The molecular weight excluding hydrogens is 534 g/mol. The molecular formula is C30H36ClN3O4S. The number of aryl methyl sites for hydroxylation is 2. The molecule has 3 aromatic carbocycles. The first kappa shape index (κ1) is 30.2. The van der Waals surface area contributed by atoms with Gasteiger partial charge in [-0.05, 0) is 79.8 Å². The van der Waals surface area contributed by atoms with Crippen molar-refractivity contribution in [1.82, 2.24) is 10.2 Å². The fraction of sp³-hybridized carbons (Fsp3) is 0.333. The number of hydrogen-bond donors (Lipinski definition) is 1. The van der Waals surface area contributed by atoms with E-state index >= 15 is 0 Å². The van der Waals surface area contributed by atoms with Crippen LogP contribution in [0.5, 0.6) is 0 Å². The van der Waals surface area contributed by atoms with Crippen molar-refractivity contribution >= 4 is 39.1 Å². The Balaban J connectivity index is 2.06. The fourth-order valence-electron chi connectivity index (χ4n) is 4.20. The van der Waals surface area contributed by atoms with Crippen molar-refractivity contribution in [2.24, 2.45) is 0 Å². The molecule has 1 atom stereocenters. The van der Waals surface area contributed by atoms with Gasteiger partial charge in [-0.15, -0.1) is 0 Å². The van der Waals surface area contributed by atoms with Crippen LogP contribution in [0.4, 0.5) is 5.69 Å². The van der Waals surface area contributed by atoms with E-state index in [0.717, 1.165) is 27.4 Å². The van der Waals surface area contributed by atoms with E-state index in [0.29, 0.717) is 23.7 Å². The molecule has 208 valence electrons. The Labute approximate surface area is 236 Å². The van der Waals surface area contributed by atoms with E-state index < -0.39 is 28.5 Å². The summed E-state index contributed by atoms with van der Waals surface area (Å²) in [6.07, 6.45) is 1.12. The zero-order valence-electron chi connectivity index (χ0n) is 22.9. The lowest BCUT2D eigenvalue weighted by atomic mass is 10.1. The van der Waals surface area contributed by atoms with Crippen LogP contribution < -0.4 is 9.62 Å². The Hall–Kier alpha value is -3.36. The number of benzene rings is 3. The van der Waals surface area contributed by atoms with Crippen LogP contribution in [-0.2, 0) is 26.2 Å². The summed E-state index contributed by atoms with van der Waals surface area (Å²) in [6.45, 7) is 7.76. The smallest absolute Gasteiger partial charge is 0.264 e. The van der Waals surface area contributed by atoms with Crippen LogP contribution in [0.3, 0.4) is 0 Å². The van der Waals surface area contributed by atoms with Gasteiger partial charge < -0.3 is 10.2 Å². The summed E-state index contributed by atoms with van der Waals surface area (Å²) in [5.41, 5.74) is 3.06. The number of anilines is 1. The second kappa shape index (κ2) is 13.6. The molecule has 0 unspecified atom stereocenters. The maximum Gasteiger partial charge on any atom is 0.264 e. The summed E-state index contributed by atoms with van der Waals surface area (Å²) >= 11 is 6.06. The standard InChI is InChI=1S/C30H36ClN3O4S/c1-5-18-32-30(36)28(6-2)33(20-24-13-15-25(31)16-14-24)29(35)21-34(26-17-12-22(3)23(4)19-26)39(37,38)27-10-8-7-9-11-27/h7-17,19,28H,5-6,18,20-21H2,1-4H3,(H,32,36)/t28-/m0/s1. The van der Waals surface area contributed by atoms with Gasteiger partial charge in [-0.3, -0.25) is 13.9 Å². The Kier molecular flexibility index (Phi) is 10.5. The van der Waals surface area contributed by atoms with Crippen LogP contribution in [0.2, 0.25) is 5.02 Å². The lowest BCUT2D eigenvalue weighted by Gasteiger charge is -2.33. The van der Waals surface area contributed by atoms with Crippen molar-refractivity contribution in [2.75, 3.05) is 17.4 Å². The molecule has 0 aromatic heterocycles. The normalized spacial score (nSPS) is 12.0. The first-order valence-corrected chi connectivity index (χ1v) is 14.9. The minimum absolute atomic E-state index is 0.0769. The van der Waals surface area contributed by atoms with Gasteiger partial charge in [0.2, 0.25) is 11.8 Å². The molecule has 3 aromatic rings. The van der Waals surface area contributed by atoms with Crippen molar-refractivity contribution < 1.29 is 18.0 Å². The van der Waals surface area contributed by atoms with Crippen molar-refractivity contribution in [3.05, 3.63) is 94.5 Å². The van der Waals surface area contributed by atoms with Gasteiger partial charge in [-0.1, -0.05) is 61.8 Å². The number of carbonyl (C=O) groups excluding carboxylic acids is 2. The molecule has 9 heteroatoms. The molecule has 0 saturated heterocycles. The number of rotatable bonds is 12. The largest absolute Gasteiger partial charge is 0.354 e. The number of hydrogen-bond acceptors (Lipinski definition) is 4. The molecule has 2 amide bonds. The van der Waals surface area contributed by atoms with Gasteiger partial charge in [0.1, 0.15) is 12.6 Å². The minimum Gasteiger partial charge on any atom is -0.354 e. The molecule has 7 nitrogen and oxygen atoms in total. The Morgan fingerprint density at radius 3 is 2.18 bits per heavy atom. The predicted octanol–water partition coefficient (Wildman–Crippen LogP) is 5.49. The van der Waals surface area contributed by atoms with Gasteiger partial charge in [0, 0.05) is 18.1 Å². The number of carbonyl (C=O) groups is 2. The maximum atomic E-state index is 14.0. The number of nitrogens with one attached hydrogen (secondary N) is 1. The van der Waals surface area contributed by atoms with Gasteiger partial charge in [0.05, 0.1) is 10.6 Å². The summed E-state index contributed by atoms with van der Waals surface area (Å²) in [5, 5.41) is 3.44. The average Bonchev–Trinajstić information content (AvgIpc) is 2.93. The maximum absolute atomic E-state index is 14.0. The number of amides is 2. The van der Waals surface area contributed by atoms with Gasteiger partial charge in [-0.2, -0.15) is 0 Å². The highest BCUT2D eigenvalue weighted by molar-refractivity contribution is 7.92. The minimum atomic E-state index is -4.09. The Morgan fingerprint density at radius 1 is 0.923 bits per heavy atom. The van der Waals surface area contributed by atoms with Gasteiger partial charge in [0.15, 0.2) is 0 Å². The molecule has 0 spiro atoms. The summed E-state index contributed by atoms with van der Waals surface area (Å²) < 4.78 is 28.8. The van der Waals surface area contributed by atoms with E-state index in [2.05, 4.69) is 5.32 Å². The van der Waals surface area contributed by atoms with E-state index in [-0.39, 0.29) is 17.3 Å². The van der Waals surface area contributed by atoms with Gasteiger partial charge >= 0.3 is 0 Å². The van der Waals surface area contributed by atoms with Crippen molar-refractivity contribution in [2.45, 2.75) is 58.0 Å². The van der Waals surface area contributed by atoms with Crippen LogP contribution in [0.15, 0.2) is 77.7 Å². The highest BCUT2D eigenvalue weighted by atomic mass is 35.5. The summed E-state index contributed by atoms with van der Waals surface area (Å²) in [4.78, 5) is 28.7. The highest BCUT2D eigenvalue weighted by Crippen LogP contribution is 2.27. The van der Waals surface area contributed by atoms with Crippen molar-refractivity contribution in [3.63, 3.8) is 0 Å². The van der Waals surface area contributed by atoms with E-state index in [4.69, 9.17) is 11.6 Å². The lowest BCUT2D eigenvalue weighted by molar-refractivity contribution is -0.140. The van der Waals surface area contributed by atoms with Crippen molar-refractivity contribution in [1.29, 1.82) is 0 Å². The lowest BCUT2D eigenvalue weighted by Crippen LogP contribution is -2.52. The summed E-state index contributed by atoms with van der Waals surface area (Å²) in [7, 11) is -4.09. The first-order chi connectivity index (χ1) is 18.6. The molecule has 0 bridgehead atoms. The second-order valence-corrected chi connectivity index (χ2v) is 11.8. The van der Waals surface area contributed by atoms with E-state index in [1.54, 1.807) is 54.6 Å². The van der Waals surface area contributed by atoms with Crippen molar-refractivity contribution in [3.8, 4) is 0 Å². The van der Waals surface area contributed by atoms with Crippen LogP contribution >= 0.6 is 11.6 Å². The first-order valence-electron chi connectivity index (χ1n) is 13.0. The predicted molar refractivity (Wildman–Crippen MR) is 156 cm³/mol. The zero-order valence-corrected chi connectivity index (χ0v) is 24.4. The molecule has 0 aliphatic rings. The quantitative estimate of drug-likeness (QED) is 0.313. The van der Waals surface area contributed by atoms with Crippen LogP contribution in [0.25, 0.3) is 0 Å². The molecule has 0 aliphatic heterocycles. The number of sulfonamides is 1. The molecule has 3 rings (SSSR count). The zero-order chi connectivity index (χ0) is 28.6. The molecule has 0 aliphatic carbocycles. The number of nitrogens with zero attached hydrogens (tertiary/aromatic N) is 2. The summed E-state index contributed by atoms with van der Waals surface area (Å²) in [5.74, 6) is -0.758. The van der Waals surface area contributed by atoms with Gasteiger partial charge in [-0.25, -0.2) is 8.42 Å². The molecule has 0 saturated carbocycles. The summed E-state index contributed by atoms with van der Waals surface area (Å²) in [6, 6.07) is 19.6. The third kappa shape index (κ3) is 7.61. The second-order valence-electron chi connectivity index (χ2n) is 9.46. The van der Waals surface area contributed by atoms with Crippen LogP contribution in [-0.4, -0.2) is 44.3 Å². The molecule has 39 heavy (non-hydrogen) atoms. The molecule has 0 radical (unpaired) electrons. The SMILES string of the molecule is CCCNC(=O)[C@H](CC)N(Cc1ccc(Cl)cc1)C(=O)CN(c1ccc(C)c(C)c1)S(=O)(=O)c1ccccc1. The highest BCUT2D eigenvalue weighted by Gasteiger charge is 2.33. The molecule has 0 fully saturated rings. The average molecular weight is 570 g/mol. The van der Waals surface area contributed by atoms with Gasteiger partial charge in [0.25, 0.3) is 10.0 Å². The van der Waals surface area contributed by atoms with Crippen LogP contribution in [0.1, 0.15) is 43.4 Å². The Morgan fingerprint density at radius 2 is 1.59 bits per heavy atom. The third-order valence-electron chi connectivity index (χ3n) is 6.59. The van der Waals surface area contributed by atoms with E-state index in [9.17, 15) is 18.0 Å². The fourth-order valence-corrected chi connectivity index (χ4v) is 5.75.